The third-order valence-corrected chi connectivity index (χ3v) is 4.16. The van der Waals surface area contributed by atoms with Gasteiger partial charge in [-0.25, -0.2) is 0 Å². The number of nitrogens with zero attached hydrogens (tertiary/aromatic N) is 1. The first-order chi connectivity index (χ1) is 10.2. The molecule has 1 N–H and O–H groups in total. The van der Waals surface area contributed by atoms with Crippen molar-refractivity contribution in [3.63, 3.8) is 0 Å². The SMILES string of the molecule is CC1CN(C(=O)CCc2ccc3ccccc3c2)CCN1. The Morgan fingerprint density at radius 3 is 2.86 bits per heavy atom. The van der Waals surface area contributed by atoms with Crippen LogP contribution in [-0.2, 0) is 11.2 Å². The van der Waals surface area contributed by atoms with Crippen LogP contribution in [0.25, 0.3) is 10.8 Å². The summed E-state index contributed by atoms with van der Waals surface area (Å²) < 4.78 is 0. The number of hydrogen-bond donors (Lipinski definition) is 1. The van der Waals surface area contributed by atoms with Gasteiger partial charge in [-0.2, -0.15) is 0 Å². The summed E-state index contributed by atoms with van der Waals surface area (Å²) in [6, 6.07) is 15.2. The van der Waals surface area contributed by atoms with Gasteiger partial charge in [0.15, 0.2) is 0 Å². The highest BCUT2D eigenvalue weighted by molar-refractivity contribution is 5.83. The molecule has 0 aliphatic carbocycles. The fraction of sp³-hybridized carbons (Fsp3) is 0.389. The topological polar surface area (TPSA) is 32.3 Å². The van der Waals surface area contributed by atoms with Gasteiger partial charge in [0.25, 0.3) is 0 Å². The van der Waals surface area contributed by atoms with E-state index in [1.807, 2.05) is 4.90 Å². The molecule has 0 spiro atoms. The second-order valence-corrected chi connectivity index (χ2v) is 5.88. The van der Waals surface area contributed by atoms with Gasteiger partial charge in [0.2, 0.25) is 5.91 Å². The molecule has 1 fully saturated rings. The zero-order chi connectivity index (χ0) is 14.7. The Labute approximate surface area is 125 Å². The van der Waals surface area contributed by atoms with Crippen molar-refractivity contribution in [1.82, 2.24) is 10.2 Å². The van der Waals surface area contributed by atoms with E-state index in [1.54, 1.807) is 0 Å². The third kappa shape index (κ3) is 3.42. The minimum Gasteiger partial charge on any atom is -0.340 e. The van der Waals surface area contributed by atoms with Crippen LogP contribution in [0.4, 0.5) is 0 Å². The van der Waals surface area contributed by atoms with Crippen LogP contribution in [0.2, 0.25) is 0 Å². The fourth-order valence-electron chi connectivity index (χ4n) is 2.96. The van der Waals surface area contributed by atoms with Crippen LogP contribution in [0.15, 0.2) is 42.5 Å². The van der Waals surface area contributed by atoms with Crippen molar-refractivity contribution in [3.05, 3.63) is 48.0 Å². The molecule has 2 aromatic carbocycles. The maximum Gasteiger partial charge on any atom is 0.222 e. The van der Waals surface area contributed by atoms with Gasteiger partial charge in [0.1, 0.15) is 0 Å². The van der Waals surface area contributed by atoms with Gasteiger partial charge in [-0.15, -0.1) is 0 Å². The number of hydrogen-bond acceptors (Lipinski definition) is 2. The minimum atomic E-state index is 0.275. The number of carbonyl (C=O) groups excluding carboxylic acids is 1. The molecule has 1 aliphatic heterocycles. The summed E-state index contributed by atoms with van der Waals surface area (Å²) in [6.07, 6.45) is 1.42. The summed E-state index contributed by atoms with van der Waals surface area (Å²) in [5.41, 5.74) is 1.24. The maximum absolute atomic E-state index is 12.3. The zero-order valence-electron chi connectivity index (χ0n) is 12.5. The first-order valence-corrected chi connectivity index (χ1v) is 7.71. The maximum atomic E-state index is 12.3. The quantitative estimate of drug-likeness (QED) is 0.938. The highest BCUT2D eigenvalue weighted by Gasteiger charge is 2.19. The first-order valence-electron chi connectivity index (χ1n) is 7.71. The van der Waals surface area contributed by atoms with Crippen LogP contribution in [0, 0.1) is 0 Å². The van der Waals surface area contributed by atoms with Crippen molar-refractivity contribution >= 4 is 16.7 Å². The molecule has 0 aromatic heterocycles. The molecule has 3 nitrogen and oxygen atoms in total. The monoisotopic (exact) mass is 282 g/mol. The average Bonchev–Trinajstić information content (AvgIpc) is 2.52. The predicted molar refractivity (Wildman–Crippen MR) is 86.3 cm³/mol. The second-order valence-electron chi connectivity index (χ2n) is 5.88. The van der Waals surface area contributed by atoms with E-state index in [0.29, 0.717) is 12.5 Å². The van der Waals surface area contributed by atoms with Crippen molar-refractivity contribution in [3.8, 4) is 0 Å². The fourth-order valence-corrected chi connectivity index (χ4v) is 2.96. The van der Waals surface area contributed by atoms with Gasteiger partial charge in [-0.3, -0.25) is 4.79 Å². The standard InChI is InChI=1S/C18H22N2O/c1-14-13-20(11-10-19-14)18(21)9-7-15-6-8-16-4-2-3-5-17(16)12-15/h2-6,8,12,14,19H,7,9-11,13H2,1H3. The lowest BCUT2D eigenvalue weighted by Crippen LogP contribution is -2.51. The number of nitrogens with one attached hydrogen (secondary N) is 1. The van der Waals surface area contributed by atoms with E-state index in [1.165, 1.54) is 16.3 Å². The summed E-state index contributed by atoms with van der Waals surface area (Å²) in [7, 11) is 0. The van der Waals surface area contributed by atoms with Gasteiger partial charge in [0.05, 0.1) is 0 Å². The highest BCUT2D eigenvalue weighted by atomic mass is 16.2. The number of benzene rings is 2. The van der Waals surface area contributed by atoms with Crippen LogP contribution in [0.1, 0.15) is 18.9 Å². The van der Waals surface area contributed by atoms with Gasteiger partial charge in [0, 0.05) is 32.1 Å². The predicted octanol–water partition coefficient (Wildman–Crippen LogP) is 2.59. The van der Waals surface area contributed by atoms with E-state index in [9.17, 15) is 4.79 Å². The Bertz CT molecular complexity index is 638. The molecule has 0 radical (unpaired) electrons. The van der Waals surface area contributed by atoms with Gasteiger partial charge in [-0.05, 0) is 29.7 Å². The van der Waals surface area contributed by atoms with Gasteiger partial charge in [-0.1, -0.05) is 42.5 Å². The molecule has 0 saturated carbocycles. The lowest BCUT2D eigenvalue weighted by molar-refractivity contribution is -0.132. The summed E-state index contributed by atoms with van der Waals surface area (Å²) in [4.78, 5) is 14.3. The molecule has 21 heavy (non-hydrogen) atoms. The van der Waals surface area contributed by atoms with Crippen molar-refractivity contribution in [1.29, 1.82) is 0 Å². The smallest absolute Gasteiger partial charge is 0.222 e. The van der Waals surface area contributed by atoms with Crippen molar-refractivity contribution in [2.75, 3.05) is 19.6 Å². The number of piperazine rings is 1. The van der Waals surface area contributed by atoms with Gasteiger partial charge < -0.3 is 10.2 Å². The Morgan fingerprint density at radius 1 is 1.24 bits per heavy atom. The number of aryl methyl sites for hydroxylation is 1. The molecule has 110 valence electrons. The zero-order valence-corrected chi connectivity index (χ0v) is 12.5. The normalized spacial score (nSPS) is 18.9. The largest absolute Gasteiger partial charge is 0.340 e. The molecular formula is C18H22N2O. The summed E-state index contributed by atoms with van der Waals surface area (Å²) in [5, 5.41) is 5.87. The van der Waals surface area contributed by atoms with Crippen molar-refractivity contribution < 1.29 is 4.79 Å². The van der Waals surface area contributed by atoms with Crippen molar-refractivity contribution in [2.45, 2.75) is 25.8 Å². The third-order valence-electron chi connectivity index (χ3n) is 4.16. The van der Waals surface area contributed by atoms with E-state index in [-0.39, 0.29) is 5.91 Å². The molecule has 1 aliphatic rings. The lowest BCUT2D eigenvalue weighted by Gasteiger charge is -2.32. The van der Waals surface area contributed by atoms with Crippen LogP contribution in [0.3, 0.4) is 0 Å². The van der Waals surface area contributed by atoms with E-state index < -0.39 is 0 Å². The Kier molecular flexibility index (Phi) is 4.20. The van der Waals surface area contributed by atoms with Crippen LogP contribution >= 0.6 is 0 Å². The molecule has 0 bridgehead atoms. The summed E-state index contributed by atoms with van der Waals surface area (Å²) >= 11 is 0. The number of fused-ring (bicyclic) bond motifs is 1. The molecule has 1 atom stereocenters. The second kappa shape index (κ2) is 6.27. The molecule has 3 heteroatoms. The lowest BCUT2D eigenvalue weighted by atomic mass is 10.0. The Balaban J connectivity index is 1.61. The highest BCUT2D eigenvalue weighted by Crippen LogP contribution is 2.17. The van der Waals surface area contributed by atoms with Crippen LogP contribution in [-0.4, -0.2) is 36.5 Å². The minimum absolute atomic E-state index is 0.275. The molecule has 3 rings (SSSR count). The van der Waals surface area contributed by atoms with Gasteiger partial charge >= 0.3 is 0 Å². The molecule has 1 saturated heterocycles. The molecule has 1 heterocycles. The molecule has 2 aromatic rings. The van der Waals surface area contributed by atoms with E-state index in [2.05, 4.69) is 54.7 Å². The molecule has 1 amide bonds. The van der Waals surface area contributed by atoms with E-state index in [4.69, 9.17) is 0 Å². The Hall–Kier alpha value is -1.87. The molecule has 1 unspecified atom stereocenters. The number of amides is 1. The van der Waals surface area contributed by atoms with E-state index >= 15 is 0 Å². The summed E-state index contributed by atoms with van der Waals surface area (Å²) in [5.74, 6) is 0.275. The molecular weight excluding hydrogens is 260 g/mol. The Morgan fingerprint density at radius 2 is 2.05 bits per heavy atom. The number of carbonyl (C=O) groups is 1. The van der Waals surface area contributed by atoms with Crippen molar-refractivity contribution in [2.24, 2.45) is 0 Å². The summed E-state index contributed by atoms with van der Waals surface area (Å²) in [6.45, 7) is 4.70. The van der Waals surface area contributed by atoms with E-state index in [0.717, 1.165) is 26.1 Å². The van der Waals surface area contributed by atoms with Crippen LogP contribution in [0.5, 0.6) is 0 Å². The first kappa shape index (κ1) is 14.1. The average molecular weight is 282 g/mol. The van der Waals surface area contributed by atoms with Crippen LogP contribution < -0.4 is 5.32 Å². The number of rotatable bonds is 3.